The Balaban J connectivity index is 1.12. The van der Waals surface area contributed by atoms with Gasteiger partial charge < -0.3 is 4.74 Å². The standard InChI is InChI=1S/C49H82O2/c1-11-12-13-14-15-16-17-18-19-20-21-22-23-24-25-26-42(50)51-41-29-30-48(9)40-28-27-38-39-37-43(2,3)31-32-45(39,6)33-34-46(38,7)47(40,8)35-36-49(48,10)44(41,4)5/h15-16,18-19,27,39-41H,11-14,17,20-26,28-37H2,1-10H3/b16-15+,19-18+/t39-,40-,41-,45+,46+,47+,48+,49-/m0/s1. The van der Waals surface area contributed by atoms with Gasteiger partial charge >= 0.3 is 5.97 Å². The Kier molecular flexibility index (Phi) is 12.7. The fourth-order valence-electron chi connectivity index (χ4n) is 13.2. The van der Waals surface area contributed by atoms with Crippen LogP contribution >= 0.6 is 0 Å². The quantitative estimate of drug-likeness (QED) is 0.0964. The van der Waals surface area contributed by atoms with E-state index < -0.39 is 0 Å². The maximum absolute atomic E-state index is 13.3. The van der Waals surface area contributed by atoms with Gasteiger partial charge in [-0.15, -0.1) is 0 Å². The van der Waals surface area contributed by atoms with Crippen molar-refractivity contribution in [2.24, 2.45) is 49.7 Å². The minimum Gasteiger partial charge on any atom is -0.462 e. The van der Waals surface area contributed by atoms with Crippen molar-refractivity contribution in [1.29, 1.82) is 0 Å². The number of esters is 1. The molecule has 0 saturated heterocycles. The van der Waals surface area contributed by atoms with E-state index in [4.69, 9.17) is 4.74 Å². The predicted octanol–water partition coefficient (Wildman–Crippen LogP) is 14.9. The lowest BCUT2D eigenvalue weighted by Gasteiger charge is -2.74. The fraction of sp³-hybridized carbons (Fsp3) is 0.857. The van der Waals surface area contributed by atoms with Crippen molar-refractivity contribution in [3.05, 3.63) is 36.0 Å². The highest BCUT2D eigenvalue weighted by atomic mass is 16.5. The summed E-state index contributed by atoms with van der Waals surface area (Å²) in [5.74, 6) is 1.48. The van der Waals surface area contributed by atoms with E-state index in [1.165, 1.54) is 109 Å². The Bertz CT molecular complexity index is 1280. The third-order valence-corrected chi connectivity index (χ3v) is 17.7. The Morgan fingerprint density at radius 2 is 1.37 bits per heavy atom. The zero-order chi connectivity index (χ0) is 37.2. The van der Waals surface area contributed by atoms with Crippen LogP contribution in [0.5, 0.6) is 0 Å². The van der Waals surface area contributed by atoms with Gasteiger partial charge in [0.05, 0.1) is 0 Å². The van der Waals surface area contributed by atoms with Crippen molar-refractivity contribution < 1.29 is 9.53 Å². The summed E-state index contributed by atoms with van der Waals surface area (Å²) in [7, 11) is 0. The van der Waals surface area contributed by atoms with E-state index in [-0.39, 0.29) is 28.3 Å². The summed E-state index contributed by atoms with van der Waals surface area (Å²) < 4.78 is 6.48. The molecular weight excluding hydrogens is 621 g/mol. The number of unbranched alkanes of at least 4 members (excludes halogenated alkanes) is 8. The molecule has 8 atom stereocenters. The molecule has 0 unspecified atom stereocenters. The van der Waals surface area contributed by atoms with E-state index >= 15 is 0 Å². The largest absolute Gasteiger partial charge is 0.462 e. The molecule has 290 valence electrons. The van der Waals surface area contributed by atoms with Crippen molar-refractivity contribution >= 4 is 5.97 Å². The van der Waals surface area contributed by atoms with E-state index in [1.54, 1.807) is 0 Å². The lowest BCUT2D eigenvalue weighted by molar-refractivity contribution is -0.254. The van der Waals surface area contributed by atoms with Gasteiger partial charge in [-0.25, -0.2) is 0 Å². The molecule has 2 heteroatoms. The summed E-state index contributed by atoms with van der Waals surface area (Å²) in [6, 6.07) is 0. The summed E-state index contributed by atoms with van der Waals surface area (Å²) in [6.45, 7) is 25.6. The molecule has 0 aliphatic heterocycles. The maximum Gasteiger partial charge on any atom is 0.306 e. The topological polar surface area (TPSA) is 26.3 Å². The smallest absolute Gasteiger partial charge is 0.306 e. The van der Waals surface area contributed by atoms with Gasteiger partial charge in [0, 0.05) is 11.8 Å². The minimum absolute atomic E-state index is 0.0237. The lowest BCUT2D eigenvalue weighted by atomic mass is 9.30. The van der Waals surface area contributed by atoms with Crippen molar-refractivity contribution in [2.45, 2.75) is 217 Å². The van der Waals surface area contributed by atoms with Crippen molar-refractivity contribution in [1.82, 2.24) is 0 Å². The van der Waals surface area contributed by atoms with E-state index in [1.807, 2.05) is 5.57 Å². The third-order valence-electron chi connectivity index (χ3n) is 17.7. The zero-order valence-electron chi connectivity index (χ0n) is 35.5. The van der Waals surface area contributed by atoms with Crippen LogP contribution in [-0.2, 0) is 9.53 Å². The summed E-state index contributed by atoms with van der Waals surface area (Å²) in [5.41, 5.74) is 3.78. The molecule has 0 aromatic heterocycles. The van der Waals surface area contributed by atoms with E-state index in [0.29, 0.717) is 34.0 Å². The van der Waals surface area contributed by atoms with E-state index in [2.05, 4.69) is 99.6 Å². The van der Waals surface area contributed by atoms with Gasteiger partial charge in [-0.1, -0.05) is 137 Å². The number of carbonyl (C=O) groups is 1. The number of ether oxygens (including phenoxy) is 1. The molecule has 4 fully saturated rings. The SMILES string of the molecule is CCCCC/C=C/C/C=C/CCCCCCCC(=O)O[C@H]1CC[C@]2(C)[C@H]3CC=C4[C@@H]5CC(C)(C)CC[C@]5(C)CC[C@@]4(C)[C@]3(C)CC[C@@]2(C)C1(C)C. The number of hydrogen-bond donors (Lipinski definition) is 0. The van der Waals surface area contributed by atoms with Crippen molar-refractivity contribution in [3.8, 4) is 0 Å². The van der Waals surface area contributed by atoms with Crippen LogP contribution in [0.2, 0.25) is 0 Å². The van der Waals surface area contributed by atoms with E-state index in [9.17, 15) is 4.79 Å². The van der Waals surface area contributed by atoms with Gasteiger partial charge in [-0.2, -0.15) is 0 Å². The Morgan fingerprint density at radius 1 is 0.725 bits per heavy atom. The lowest BCUT2D eigenvalue weighted by Crippen LogP contribution is -2.68. The number of allylic oxidation sites excluding steroid dienone is 6. The molecule has 5 aliphatic rings. The van der Waals surface area contributed by atoms with Crippen LogP contribution in [0.25, 0.3) is 0 Å². The van der Waals surface area contributed by atoms with Crippen LogP contribution in [0, 0.1) is 49.7 Å². The molecule has 0 N–H and O–H groups in total. The molecule has 5 aliphatic carbocycles. The first kappa shape index (κ1) is 40.9. The Labute approximate surface area is 316 Å². The number of hydrogen-bond acceptors (Lipinski definition) is 2. The fourth-order valence-corrected chi connectivity index (χ4v) is 13.2. The highest BCUT2D eigenvalue weighted by Crippen LogP contribution is 2.78. The molecule has 4 saturated carbocycles. The summed E-state index contributed by atoms with van der Waals surface area (Å²) in [5, 5.41) is 0. The molecule has 0 heterocycles. The van der Waals surface area contributed by atoms with Crippen LogP contribution in [0.4, 0.5) is 0 Å². The second kappa shape index (κ2) is 15.8. The van der Waals surface area contributed by atoms with Crippen LogP contribution in [0.3, 0.4) is 0 Å². The van der Waals surface area contributed by atoms with Gasteiger partial charge in [-0.3, -0.25) is 4.79 Å². The minimum atomic E-state index is -0.0429. The highest BCUT2D eigenvalue weighted by Gasteiger charge is 2.71. The average Bonchev–Trinajstić information content (AvgIpc) is 3.07. The Morgan fingerprint density at radius 3 is 2.08 bits per heavy atom. The molecule has 0 bridgehead atoms. The van der Waals surface area contributed by atoms with Crippen molar-refractivity contribution in [2.75, 3.05) is 0 Å². The highest BCUT2D eigenvalue weighted by molar-refractivity contribution is 5.69. The van der Waals surface area contributed by atoms with E-state index in [0.717, 1.165) is 31.6 Å². The summed E-state index contributed by atoms with van der Waals surface area (Å²) in [4.78, 5) is 13.3. The third kappa shape index (κ3) is 7.66. The number of rotatable bonds is 15. The monoisotopic (exact) mass is 703 g/mol. The first-order valence-electron chi connectivity index (χ1n) is 22.2. The molecule has 2 nitrogen and oxygen atoms in total. The maximum atomic E-state index is 13.3. The first-order valence-corrected chi connectivity index (χ1v) is 22.2. The molecule has 0 radical (unpaired) electrons. The normalized spacial score (nSPS) is 39.9. The zero-order valence-corrected chi connectivity index (χ0v) is 35.5. The summed E-state index contributed by atoms with van der Waals surface area (Å²) in [6.07, 6.45) is 38.9. The average molecular weight is 703 g/mol. The molecule has 5 rings (SSSR count). The number of carbonyl (C=O) groups excluding carboxylic acids is 1. The van der Waals surface area contributed by atoms with Crippen LogP contribution in [0.1, 0.15) is 210 Å². The van der Waals surface area contributed by atoms with Gasteiger partial charge in [0.25, 0.3) is 0 Å². The van der Waals surface area contributed by atoms with Crippen LogP contribution in [0.15, 0.2) is 36.0 Å². The molecule has 0 aromatic rings. The second-order valence-corrected chi connectivity index (χ2v) is 21.2. The van der Waals surface area contributed by atoms with Crippen LogP contribution < -0.4 is 0 Å². The first-order chi connectivity index (χ1) is 24.0. The number of fused-ring (bicyclic) bond motifs is 7. The van der Waals surface area contributed by atoms with Crippen LogP contribution in [-0.4, -0.2) is 12.1 Å². The van der Waals surface area contributed by atoms with Gasteiger partial charge in [0.1, 0.15) is 6.10 Å². The van der Waals surface area contributed by atoms with Gasteiger partial charge in [-0.05, 0) is 147 Å². The predicted molar refractivity (Wildman–Crippen MR) is 219 cm³/mol. The second-order valence-electron chi connectivity index (χ2n) is 21.2. The molecule has 51 heavy (non-hydrogen) atoms. The van der Waals surface area contributed by atoms with Gasteiger partial charge in [0.2, 0.25) is 0 Å². The molecule has 0 aromatic carbocycles. The van der Waals surface area contributed by atoms with Gasteiger partial charge in [0.15, 0.2) is 0 Å². The Hall–Kier alpha value is -1.31. The van der Waals surface area contributed by atoms with Crippen molar-refractivity contribution in [3.63, 3.8) is 0 Å². The molecule has 0 amide bonds. The summed E-state index contributed by atoms with van der Waals surface area (Å²) >= 11 is 0. The molecule has 0 spiro atoms. The molecular formula is C49H82O2.